The van der Waals surface area contributed by atoms with E-state index in [1.807, 2.05) is 0 Å². The van der Waals surface area contributed by atoms with E-state index < -0.39 is 14.4 Å². The number of rotatable bonds is 6. The van der Waals surface area contributed by atoms with E-state index in [1.54, 1.807) is 7.11 Å². The zero-order valence-electron chi connectivity index (χ0n) is 8.54. The Balaban J connectivity index is 3.89. The van der Waals surface area contributed by atoms with Crippen LogP contribution in [-0.2, 0) is 9.22 Å². The van der Waals surface area contributed by atoms with Gasteiger partial charge in [0.1, 0.15) is 6.10 Å². The van der Waals surface area contributed by atoms with Crippen molar-refractivity contribution in [2.45, 2.75) is 31.7 Å². The molecule has 76 valence electrons. The topological polar surface area (TPSA) is 46.5 Å². The molecule has 0 aromatic heterocycles. The van der Waals surface area contributed by atoms with Gasteiger partial charge in [-0.15, -0.1) is 0 Å². The molecular weight excluding hydrogens is 184 g/mol. The fraction of sp³-hybridized carbons (Fsp3) is 0.667. The van der Waals surface area contributed by atoms with Gasteiger partial charge in [-0.3, -0.25) is 4.79 Å². The van der Waals surface area contributed by atoms with Gasteiger partial charge >= 0.3 is 0 Å². The van der Waals surface area contributed by atoms with Crippen molar-refractivity contribution in [3.63, 3.8) is 0 Å². The van der Waals surface area contributed by atoms with Crippen molar-refractivity contribution in [3.05, 3.63) is 12.7 Å². The van der Waals surface area contributed by atoms with E-state index in [9.17, 15) is 9.90 Å². The summed E-state index contributed by atoms with van der Waals surface area (Å²) >= 11 is 0. The number of aliphatic hydroxyl groups excluding tert-OH is 1. The molecule has 3 nitrogen and oxygen atoms in total. The van der Waals surface area contributed by atoms with Crippen LogP contribution in [-0.4, -0.2) is 32.4 Å². The van der Waals surface area contributed by atoms with Crippen molar-refractivity contribution in [3.8, 4) is 0 Å². The Morgan fingerprint density at radius 3 is 2.62 bits per heavy atom. The predicted octanol–water partition coefficient (Wildman–Crippen LogP) is 1.34. The van der Waals surface area contributed by atoms with Crippen molar-refractivity contribution in [2.75, 3.05) is 7.11 Å². The zero-order valence-corrected chi connectivity index (χ0v) is 9.54. The first kappa shape index (κ1) is 12.5. The molecule has 0 rings (SSSR count). The lowest BCUT2D eigenvalue weighted by molar-refractivity contribution is -0.122. The van der Waals surface area contributed by atoms with Crippen LogP contribution in [0.4, 0.5) is 0 Å². The highest BCUT2D eigenvalue weighted by Crippen LogP contribution is 2.14. The van der Waals surface area contributed by atoms with Gasteiger partial charge in [0.05, 0.1) is 0 Å². The minimum Gasteiger partial charge on any atom is -0.420 e. The van der Waals surface area contributed by atoms with E-state index in [2.05, 4.69) is 19.7 Å². The monoisotopic (exact) mass is 202 g/mol. The number of hydrogen-bond donors (Lipinski definition) is 1. The second-order valence-electron chi connectivity index (χ2n) is 3.62. The van der Waals surface area contributed by atoms with Crippen molar-refractivity contribution < 1.29 is 14.3 Å². The van der Waals surface area contributed by atoms with E-state index in [0.717, 1.165) is 12.1 Å². The minimum absolute atomic E-state index is 0.305. The molecule has 0 aliphatic carbocycles. The summed E-state index contributed by atoms with van der Waals surface area (Å²) in [5, 5.41) is 9.32. The summed E-state index contributed by atoms with van der Waals surface area (Å²) in [7, 11) is 0.0293. The van der Waals surface area contributed by atoms with Gasteiger partial charge in [0, 0.05) is 7.11 Å². The van der Waals surface area contributed by atoms with Crippen LogP contribution in [0.5, 0.6) is 0 Å². The molecule has 0 radical (unpaired) electrons. The second-order valence-corrected chi connectivity index (χ2v) is 8.05. The third-order valence-electron chi connectivity index (χ3n) is 2.10. The van der Waals surface area contributed by atoms with Gasteiger partial charge in [-0.25, -0.2) is 0 Å². The summed E-state index contributed by atoms with van der Waals surface area (Å²) in [6, 6.07) is 0.782. The van der Waals surface area contributed by atoms with E-state index in [-0.39, 0.29) is 5.78 Å². The Labute approximate surface area is 80.5 Å². The smallest absolute Gasteiger partial charge is 0.186 e. The zero-order chi connectivity index (χ0) is 10.5. The standard InChI is InChI=1S/C9H18O3Si/c1-5-8(10)9(11)6-7-13(3,4)12-2/h5,9,11H,1,6-7H2,2-4H3. The van der Waals surface area contributed by atoms with Gasteiger partial charge in [-0.2, -0.15) is 0 Å². The molecule has 0 aliphatic rings. The molecule has 0 aliphatic heterocycles. The van der Waals surface area contributed by atoms with Gasteiger partial charge in [0.25, 0.3) is 0 Å². The molecule has 0 amide bonds. The lowest BCUT2D eigenvalue weighted by Crippen LogP contribution is -2.31. The first-order valence-electron chi connectivity index (χ1n) is 4.32. The average molecular weight is 202 g/mol. The molecule has 1 atom stereocenters. The maximum Gasteiger partial charge on any atom is 0.186 e. The van der Waals surface area contributed by atoms with Crippen LogP contribution >= 0.6 is 0 Å². The highest BCUT2D eigenvalue weighted by Gasteiger charge is 2.23. The normalized spacial score (nSPS) is 13.8. The molecule has 0 aromatic carbocycles. The Kier molecular flexibility index (Phi) is 5.13. The van der Waals surface area contributed by atoms with Crippen LogP contribution in [0.15, 0.2) is 12.7 Å². The predicted molar refractivity (Wildman–Crippen MR) is 55.1 cm³/mol. The maximum atomic E-state index is 10.9. The lowest BCUT2D eigenvalue weighted by atomic mass is 10.2. The molecule has 4 heteroatoms. The summed E-state index contributed by atoms with van der Waals surface area (Å²) in [5.41, 5.74) is 0. The van der Waals surface area contributed by atoms with Gasteiger partial charge in [0.2, 0.25) is 0 Å². The van der Waals surface area contributed by atoms with Gasteiger partial charge in [0.15, 0.2) is 14.1 Å². The van der Waals surface area contributed by atoms with Gasteiger partial charge < -0.3 is 9.53 Å². The van der Waals surface area contributed by atoms with Crippen molar-refractivity contribution in [1.29, 1.82) is 0 Å². The summed E-state index contributed by atoms with van der Waals surface area (Å²) in [5.74, 6) is -0.305. The second kappa shape index (κ2) is 5.31. The fourth-order valence-corrected chi connectivity index (χ4v) is 2.04. The van der Waals surface area contributed by atoms with Gasteiger partial charge in [-0.05, 0) is 31.6 Å². The Morgan fingerprint density at radius 2 is 2.23 bits per heavy atom. The van der Waals surface area contributed by atoms with Crippen molar-refractivity contribution in [1.82, 2.24) is 0 Å². The number of ketones is 1. The maximum absolute atomic E-state index is 10.9. The fourth-order valence-electron chi connectivity index (χ4n) is 0.865. The summed E-state index contributed by atoms with van der Waals surface area (Å²) in [6.45, 7) is 7.42. The quantitative estimate of drug-likeness (QED) is 0.522. The van der Waals surface area contributed by atoms with Crippen molar-refractivity contribution >= 4 is 14.1 Å². The molecule has 0 aromatic rings. The number of carbonyl (C=O) groups excluding carboxylic acids is 1. The molecule has 1 unspecified atom stereocenters. The minimum atomic E-state index is -1.65. The van der Waals surface area contributed by atoms with E-state index in [0.29, 0.717) is 6.42 Å². The summed E-state index contributed by atoms with van der Waals surface area (Å²) in [6.07, 6.45) is 0.726. The highest BCUT2D eigenvalue weighted by atomic mass is 28.4. The SMILES string of the molecule is C=CC(=O)C(O)CC[Si](C)(C)OC. The van der Waals surface area contributed by atoms with Crippen LogP contribution < -0.4 is 0 Å². The van der Waals surface area contributed by atoms with Crippen LogP contribution in [0.2, 0.25) is 19.1 Å². The first-order chi connectivity index (χ1) is 5.93. The van der Waals surface area contributed by atoms with Crippen LogP contribution in [0.1, 0.15) is 6.42 Å². The number of carbonyl (C=O) groups is 1. The van der Waals surface area contributed by atoms with Crippen molar-refractivity contribution in [2.24, 2.45) is 0 Å². The highest BCUT2D eigenvalue weighted by molar-refractivity contribution is 6.71. The van der Waals surface area contributed by atoms with E-state index >= 15 is 0 Å². The van der Waals surface area contributed by atoms with Crippen LogP contribution in [0.3, 0.4) is 0 Å². The summed E-state index contributed by atoms with van der Waals surface area (Å²) < 4.78 is 5.29. The molecule has 0 fully saturated rings. The third-order valence-corrected chi connectivity index (χ3v) is 4.70. The van der Waals surface area contributed by atoms with E-state index in [1.165, 1.54) is 0 Å². The number of aliphatic hydroxyl groups is 1. The summed E-state index contributed by atoms with van der Waals surface area (Å²) in [4.78, 5) is 10.9. The molecular formula is C9H18O3Si. The molecule has 0 bridgehead atoms. The molecule has 0 saturated heterocycles. The molecule has 0 spiro atoms. The lowest BCUT2D eigenvalue weighted by Gasteiger charge is -2.20. The number of hydrogen-bond acceptors (Lipinski definition) is 3. The van der Waals surface area contributed by atoms with E-state index in [4.69, 9.17) is 4.43 Å². The Morgan fingerprint density at radius 1 is 1.69 bits per heavy atom. The Hall–Kier alpha value is -0.453. The molecule has 0 heterocycles. The Bertz CT molecular complexity index is 189. The van der Waals surface area contributed by atoms with Crippen LogP contribution in [0.25, 0.3) is 0 Å². The average Bonchev–Trinajstić information content (AvgIpc) is 2.13. The largest absolute Gasteiger partial charge is 0.420 e. The van der Waals surface area contributed by atoms with Gasteiger partial charge in [-0.1, -0.05) is 6.58 Å². The first-order valence-corrected chi connectivity index (χ1v) is 7.44. The van der Waals surface area contributed by atoms with Crippen LogP contribution in [0, 0.1) is 0 Å². The molecule has 1 N–H and O–H groups in total. The third kappa shape index (κ3) is 4.97. The molecule has 13 heavy (non-hydrogen) atoms. The molecule has 0 saturated carbocycles.